The van der Waals surface area contributed by atoms with E-state index in [-0.39, 0.29) is 5.82 Å². The summed E-state index contributed by atoms with van der Waals surface area (Å²) in [4.78, 5) is 2.00. The molecule has 0 saturated carbocycles. The molecule has 0 aliphatic carbocycles. The van der Waals surface area contributed by atoms with E-state index < -0.39 is 0 Å². The van der Waals surface area contributed by atoms with Crippen LogP contribution in [0, 0.1) is 12.7 Å². The van der Waals surface area contributed by atoms with Crippen molar-refractivity contribution in [2.45, 2.75) is 20.4 Å². The lowest BCUT2D eigenvalue weighted by Gasteiger charge is -2.23. The molecule has 0 fully saturated rings. The minimum absolute atomic E-state index is 0.195. The normalized spacial score (nSPS) is 10.8. The number of halogens is 2. The fourth-order valence-electron chi connectivity index (χ4n) is 2.11. The molecule has 0 saturated heterocycles. The highest BCUT2D eigenvalue weighted by Crippen LogP contribution is 2.25. The lowest BCUT2D eigenvalue weighted by atomic mass is 10.2. The number of para-hydroxylation sites is 1. The number of aryl methyl sites for hydroxylation is 2. The van der Waals surface area contributed by atoms with Gasteiger partial charge in [0.2, 0.25) is 0 Å². The van der Waals surface area contributed by atoms with Crippen molar-refractivity contribution in [1.82, 2.24) is 9.78 Å². The Morgan fingerprint density at radius 3 is 2.58 bits per heavy atom. The van der Waals surface area contributed by atoms with E-state index in [1.54, 1.807) is 12.1 Å². The molecular formula is C14H17BrFN3. The molecule has 1 aromatic heterocycles. The van der Waals surface area contributed by atoms with Crippen molar-refractivity contribution in [1.29, 1.82) is 0 Å². The van der Waals surface area contributed by atoms with E-state index in [2.05, 4.69) is 21.0 Å². The lowest BCUT2D eigenvalue weighted by Crippen LogP contribution is -2.24. The van der Waals surface area contributed by atoms with Crippen molar-refractivity contribution in [3.63, 3.8) is 0 Å². The van der Waals surface area contributed by atoms with E-state index in [9.17, 15) is 4.39 Å². The standard InChI is InChI=1S/C14H17BrFN3/c1-4-19(12-8-6-5-7-11(12)16)9-13-14(15)10(2)17-18(13)3/h5-8H,4,9H2,1-3H3. The molecule has 0 atom stereocenters. The van der Waals surface area contributed by atoms with Crippen LogP contribution in [0.15, 0.2) is 28.7 Å². The second-order valence-corrected chi connectivity index (χ2v) is 5.23. The van der Waals surface area contributed by atoms with Crippen LogP contribution in [0.3, 0.4) is 0 Å². The minimum atomic E-state index is -0.195. The summed E-state index contributed by atoms with van der Waals surface area (Å²) in [5.74, 6) is -0.195. The van der Waals surface area contributed by atoms with E-state index in [0.29, 0.717) is 12.2 Å². The molecule has 2 rings (SSSR count). The molecule has 3 nitrogen and oxygen atoms in total. The predicted octanol–water partition coefficient (Wildman–Crippen LogP) is 3.66. The van der Waals surface area contributed by atoms with Crippen molar-refractivity contribution < 1.29 is 4.39 Å². The zero-order valence-corrected chi connectivity index (χ0v) is 12.9. The lowest BCUT2D eigenvalue weighted by molar-refractivity contribution is 0.611. The third-order valence-electron chi connectivity index (χ3n) is 3.18. The van der Waals surface area contributed by atoms with Gasteiger partial charge in [-0.3, -0.25) is 4.68 Å². The summed E-state index contributed by atoms with van der Waals surface area (Å²) in [6.45, 7) is 5.32. The molecule has 1 aromatic carbocycles. The quantitative estimate of drug-likeness (QED) is 0.855. The van der Waals surface area contributed by atoms with E-state index in [1.165, 1.54) is 6.07 Å². The number of aromatic nitrogens is 2. The first-order chi connectivity index (χ1) is 9.04. The minimum Gasteiger partial charge on any atom is -0.364 e. The zero-order valence-electron chi connectivity index (χ0n) is 11.3. The second-order valence-electron chi connectivity index (χ2n) is 4.44. The molecule has 0 bridgehead atoms. The zero-order chi connectivity index (χ0) is 14.0. The van der Waals surface area contributed by atoms with Gasteiger partial charge >= 0.3 is 0 Å². The van der Waals surface area contributed by atoms with Crippen LogP contribution >= 0.6 is 15.9 Å². The van der Waals surface area contributed by atoms with Gasteiger partial charge in [0.15, 0.2) is 0 Å². The summed E-state index contributed by atoms with van der Waals surface area (Å²) < 4.78 is 16.7. The topological polar surface area (TPSA) is 21.1 Å². The number of anilines is 1. The van der Waals surface area contributed by atoms with Gasteiger partial charge in [-0.25, -0.2) is 4.39 Å². The van der Waals surface area contributed by atoms with Gasteiger partial charge in [-0.2, -0.15) is 5.10 Å². The Kier molecular flexibility index (Phi) is 4.24. The first kappa shape index (κ1) is 14.1. The van der Waals surface area contributed by atoms with Crippen molar-refractivity contribution in [2.24, 2.45) is 7.05 Å². The summed E-state index contributed by atoms with van der Waals surface area (Å²) in [6.07, 6.45) is 0. The number of benzene rings is 1. The summed E-state index contributed by atoms with van der Waals surface area (Å²) in [5.41, 5.74) is 2.61. The number of nitrogens with zero attached hydrogens (tertiary/aromatic N) is 3. The maximum absolute atomic E-state index is 13.9. The molecule has 0 aliphatic heterocycles. The second kappa shape index (κ2) is 5.74. The maximum atomic E-state index is 13.9. The van der Waals surface area contributed by atoms with Crippen LogP contribution in [0.5, 0.6) is 0 Å². The van der Waals surface area contributed by atoms with Crippen LogP contribution in [0.2, 0.25) is 0 Å². The van der Waals surface area contributed by atoms with Crippen molar-refractivity contribution in [3.05, 3.63) is 45.9 Å². The van der Waals surface area contributed by atoms with Crippen molar-refractivity contribution >= 4 is 21.6 Å². The molecule has 0 spiro atoms. The predicted molar refractivity (Wildman–Crippen MR) is 78.8 cm³/mol. The molecule has 0 aliphatic rings. The van der Waals surface area contributed by atoms with E-state index in [4.69, 9.17) is 0 Å². The Morgan fingerprint density at radius 1 is 1.37 bits per heavy atom. The van der Waals surface area contributed by atoms with Crippen molar-refractivity contribution in [3.8, 4) is 0 Å². The average Bonchev–Trinajstić information content (AvgIpc) is 2.63. The van der Waals surface area contributed by atoms with Crippen LogP contribution in [0.25, 0.3) is 0 Å². The Hall–Kier alpha value is -1.36. The highest BCUT2D eigenvalue weighted by atomic mass is 79.9. The van der Waals surface area contributed by atoms with Crippen LogP contribution < -0.4 is 4.90 Å². The summed E-state index contributed by atoms with van der Waals surface area (Å²) in [6, 6.07) is 6.85. The third kappa shape index (κ3) is 2.81. The number of hydrogen-bond acceptors (Lipinski definition) is 2. The van der Waals surface area contributed by atoms with Crippen molar-refractivity contribution in [2.75, 3.05) is 11.4 Å². The first-order valence-electron chi connectivity index (χ1n) is 6.22. The third-order valence-corrected chi connectivity index (χ3v) is 4.21. The van der Waals surface area contributed by atoms with Crippen LogP contribution in [-0.4, -0.2) is 16.3 Å². The molecule has 102 valence electrons. The van der Waals surface area contributed by atoms with Gasteiger partial charge in [0.1, 0.15) is 5.82 Å². The molecule has 19 heavy (non-hydrogen) atoms. The smallest absolute Gasteiger partial charge is 0.146 e. The van der Waals surface area contributed by atoms with E-state index >= 15 is 0 Å². The molecule has 0 radical (unpaired) electrons. The van der Waals surface area contributed by atoms with Gasteiger partial charge in [-0.1, -0.05) is 12.1 Å². The number of rotatable bonds is 4. The molecule has 2 aromatic rings. The average molecular weight is 326 g/mol. The SMILES string of the molecule is CCN(Cc1c(Br)c(C)nn1C)c1ccccc1F. The summed E-state index contributed by atoms with van der Waals surface area (Å²) in [7, 11) is 1.91. The largest absolute Gasteiger partial charge is 0.364 e. The Balaban J connectivity index is 2.32. The van der Waals surface area contributed by atoms with Crippen LogP contribution in [-0.2, 0) is 13.6 Å². The molecular weight excluding hydrogens is 309 g/mol. The first-order valence-corrected chi connectivity index (χ1v) is 7.01. The maximum Gasteiger partial charge on any atom is 0.146 e. The summed E-state index contributed by atoms with van der Waals surface area (Å²) in [5, 5.41) is 4.36. The fraction of sp³-hybridized carbons (Fsp3) is 0.357. The highest BCUT2D eigenvalue weighted by molar-refractivity contribution is 9.10. The van der Waals surface area contributed by atoms with Crippen LogP contribution in [0.4, 0.5) is 10.1 Å². The summed E-state index contributed by atoms with van der Waals surface area (Å²) >= 11 is 3.55. The highest BCUT2D eigenvalue weighted by Gasteiger charge is 2.16. The van der Waals surface area contributed by atoms with Gasteiger partial charge in [-0.15, -0.1) is 0 Å². The Morgan fingerprint density at radius 2 is 2.05 bits per heavy atom. The fourth-order valence-corrected chi connectivity index (χ4v) is 2.57. The van der Waals surface area contributed by atoms with Gasteiger partial charge < -0.3 is 4.90 Å². The monoisotopic (exact) mass is 325 g/mol. The van der Waals surface area contributed by atoms with Gasteiger partial charge in [0, 0.05) is 13.6 Å². The molecule has 5 heteroatoms. The number of hydrogen-bond donors (Lipinski definition) is 0. The Bertz CT molecular complexity index is 580. The molecule has 0 unspecified atom stereocenters. The Labute approximate surface area is 121 Å². The van der Waals surface area contributed by atoms with Gasteiger partial charge in [-0.05, 0) is 41.9 Å². The molecule has 0 N–H and O–H groups in total. The van der Waals surface area contributed by atoms with Gasteiger partial charge in [0.05, 0.1) is 28.1 Å². The molecule has 0 amide bonds. The van der Waals surface area contributed by atoms with Gasteiger partial charge in [0.25, 0.3) is 0 Å². The van der Waals surface area contributed by atoms with E-state index in [0.717, 1.165) is 22.4 Å². The van der Waals surface area contributed by atoms with E-state index in [1.807, 2.05) is 36.5 Å². The van der Waals surface area contributed by atoms with Crippen LogP contribution in [0.1, 0.15) is 18.3 Å². The molecule has 1 heterocycles.